The molecule has 2 aromatic carbocycles. The van der Waals surface area contributed by atoms with Crippen LogP contribution in [-0.2, 0) is 0 Å². The Balaban J connectivity index is 2.52. The first kappa shape index (κ1) is 13.3. The van der Waals surface area contributed by atoms with E-state index in [0.717, 1.165) is 0 Å². The van der Waals surface area contributed by atoms with E-state index in [2.05, 4.69) is 0 Å². The highest BCUT2D eigenvalue weighted by Gasteiger charge is 2.18. The number of hydrogen-bond acceptors (Lipinski definition) is 2. The molecule has 2 rings (SSSR count). The molecule has 3 N–H and O–H groups in total. The van der Waals surface area contributed by atoms with Crippen LogP contribution in [0.2, 0.25) is 0 Å². The smallest absolute Gasteiger partial charge is 0.129 e. The monoisotopic (exact) mass is 257 g/mol. The summed E-state index contributed by atoms with van der Waals surface area (Å²) in [5, 5.41) is 10.4. The van der Waals surface area contributed by atoms with Crippen molar-refractivity contribution in [1.29, 1.82) is 0 Å². The Kier molecular flexibility index (Phi) is 3.97. The zero-order valence-corrected chi connectivity index (χ0v) is 10.7. The maximum absolute atomic E-state index is 14.0. The summed E-state index contributed by atoms with van der Waals surface area (Å²) in [5.41, 5.74) is 7.75. The van der Waals surface area contributed by atoms with Crippen molar-refractivity contribution < 1.29 is 9.50 Å². The Bertz CT molecular complexity index is 607. The Hall–Kier alpha value is -2.13. The third kappa shape index (κ3) is 2.83. The molecule has 0 aromatic heterocycles. The van der Waals surface area contributed by atoms with E-state index in [4.69, 9.17) is 5.73 Å². The molecule has 0 radical (unpaired) electrons. The van der Waals surface area contributed by atoms with E-state index >= 15 is 0 Å². The summed E-state index contributed by atoms with van der Waals surface area (Å²) in [6.07, 6.45) is 2.55. The van der Waals surface area contributed by atoms with Crippen LogP contribution in [0, 0.1) is 5.82 Å². The predicted octanol–water partition coefficient (Wildman–Crippen LogP) is 3.52. The first-order chi connectivity index (χ1) is 9.13. The van der Waals surface area contributed by atoms with Crippen molar-refractivity contribution in [1.82, 2.24) is 0 Å². The number of hydrogen-bond donors (Lipinski definition) is 2. The molecule has 0 aliphatic heterocycles. The maximum atomic E-state index is 14.0. The average Bonchev–Trinajstić information content (AvgIpc) is 2.39. The number of rotatable bonds is 3. The largest absolute Gasteiger partial charge is 0.399 e. The van der Waals surface area contributed by atoms with Gasteiger partial charge in [-0.2, -0.15) is 0 Å². The van der Waals surface area contributed by atoms with Crippen LogP contribution in [0.15, 0.2) is 48.5 Å². The van der Waals surface area contributed by atoms with Crippen LogP contribution in [-0.4, -0.2) is 5.11 Å². The van der Waals surface area contributed by atoms with Gasteiger partial charge in [-0.3, -0.25) is 0 Å². The van der Waals surface area contributed by atoms with E-state index in [1.54, 1.807) is 42.5 Å². The van der Waals surface area contributed by atoms with Crippen LogP contribution < -0.4 is 5.73 Å². The summed E-state index contributed by atoms with van der Waals surface area (Å²) in [5.74, 6) is -0.425. The van der Waals surface area contributed by atoms with Crippen LogP contribution in [0.1, 0.15) is 29.7 Å². The van der Waals surface area contributed by atoms with Gasteiger partial charge < -0.3 is 10.8 Å². The lowest BCUT2D eigenvalue weighted by Crippen LogP contribution is -2.05. The quantitative estimate of drug-likeness (QED) is 0.826. The maximum Gasteiger partial charge on any atom is 0.129 e. The average molecular weight is 257 g/mol. The van der Waals surface area contributed by atoms with Gasteiger partial charge in [0.2, 0.25) is 0 Å². The Morgan fingerprint density at radius 3 is 2.63 bits per heavy atom. The molecule has 2 nitrogen and oxygen atoms in total. The van der Waals surface area contributed by atoms with Gasteiger partial charge in [-0.15, -0.1) is 0 Å². The number of nitrogens with two attached hydrogens (primary N) is 1. The van der Waals surface area contributed by atoms with Crippen molar-refractivity contribution in [2.24, 2.45) is 0 Å². The second-order valence-corrected chi connectivity index (χ2v) is 4.32. The van der Waals surface area contributed by atoms with Gasteiger partial charge in [0.15, 0.2) is 0 Å². The molecule has 1 unspecified atom stereocenters. The number of aliphatic hydroxyl groups is 1. The Morgan fingerprint density at radius 1 is 1.21 bits per heavy atom. The molecular weight excluding hydrogens is 241 g/mol. The molecule has 1 atom stereocenters. The van der Waals surface area contributed by atoms with Crippen molar-refractivity contribution >= 4 is 11.8 Å². The molecule has 98 valence electrons. The highest BCUT2D eigenvalue weighted by Crippen LogP contribution is 2.29. The lowest BCUT2D eigenvalue weighted by molar-refractivity contribution is 0.215. The number of nitrogen functional groups attached to an aromatic ring is 1. The normalized spacial score (nSPS) is 12.8. The van der Waals surface area contributed by atoms with Crippen molar-refractivity contribution in [3.63, 3.8) is 0 Å². The zero-order chi connectivity index (χ0) is 13.8. The van der Waals surface area contributed by atoms with Crippen LogP contribution in [0.25, 0.3) is 6.08 Å². The van der Waals surface area contributed by atoms with Crippen LogP contribution in [0.3, 0.4) is 0 Å². The van der Waals surface area contributed by atoms with Gasteiger partial charge >= 0.3 is 0 Å². The third-order valence-corrected chi connectivity index (χ3v) is 2.93. The topological polar surface area (TPSA) is 46.2 Å². The minimum atomic E-state index is -1.03. The molecule has 0 bridgehead atoms. The molecule has 2 aromatic rings. The van der Waals surface area contributed by atoms with Gasteiger partial charge in [0.05, 0.1) is 0 Å². The molecule has 19 heavy (non-hydrogen) atoms. The van der Waals surface area contributed by atoms with E-state index in [1.165, 1.54) is 6.07 Å². The van der Waals surface area contributed by atoms with Crippen molar-refractivity contribution in [2.75, 3.05) is 5.73 Å². The minimum Gasteiger partial charge on any atom is -0.399 e. The standard InChI is InChI=1S/C16H16FNO/c1-2-5-11-6-4-9-14(17)15(11)16(19)12-7-3-8-13(18)10-12/h2-10,16,19H,18H2,1H3. The fraction of sp³-hybridized carbons (Fsp3) is 0.125. The highest BCUT2D eigenvalue weighted by molar-refractivity contribution is 5.56. The van der Waals surface area contributed by atoms with Gasteiger partial charge in [0.25, 0.3) is 0 Å². The van der Waals surface area contributed by atoms with E-state index < -0.39 is 11.9 Å². The first-order valence-electron chi connectivity index (χ1n) is 6.08. The van der Waals surface area contributed by atoms with Gasteiger partial charge in [-0.25, -0.2) is 4.39 Å². The lowest BCUT2D eigenvalue weighted by Gasteiger charge is -2.15. The van der Waals surface area contributed by atoms with E-state index in [-0.39, 0.29) is 5.56 Å². The van der Waals surface area contributed by atoms with Crippen molar-refractivity contribution in [3.8, 4) is 0 Å². The van der Waals surface area contributed by atoms with E-state index in [1.807, 2.05) is 13.0 Å². The Morgan fingerprint density at radius 2 is 1.95 bits per heavy atom. The third-order valence-electron chi connectivity index (χ3n) is 2.93. The highest BCUT2D eigenvalue weighted by atomic mass is 19.1. The second-order valence-electron chi connectivity index (χ2n) is 4.32. The molecule has 0 fully saturated rings. The number of aliphatic hydroxyl groups excluding tert-OH is 1. The SMILES string of the molecule is CC=Cc1cccc(F)c1C(O)c1cccc(N)c1. The van der Waals surface area contributed by atoms with Crippen LogP contribution >= 0.6 is 0 Å². The molecule has 0 aliphatic rings. The van der Waals surface area contributed by atoms with Crippen molar-refractivity contribution in [3.05, 3.63) is 71.0 Å². The van der Waals surface area contributed by atoms with Gasteiger partial charge in [-0.1, -0.05) is 36.4 Å². The van der Waals surface area contributed by atoms with Crippen molar-refractivity contribution in [2.45, 2.75) is 13.0 Å². The van der Waals surface area contributed by atoms with E-state index in [9.17, 15) is 9.50 Å². The van der Waals surface area contributed by atoms with Crippen LogP contribution in [0.5, 0.6) is 0 Å². The van der Waals surface area contributed by atoms with Gasteiger partial charge in [0, 0.05) is 11.3 Å². The summed E-state index contributed by atoms with van der Waals surface area (Å²) in [7, 11) is 0. The first-order valence-corrected chi connectivity index (χ1v) is 6.08. The van der Waals surface area contributed by atoms with Crippen LogP contribution in [0.4, 0.5) is 10.1 Å². The lowest BCUT2D eigenvalue weighted by atomic mass is 9.95. The van der Waals surface area contributed by atoms with Gasteiger partial charge in [0.1, 0.15) is 11.9 Å². The summed E-state index contributed by atoms with van der Waals surface area (Å²) in [4.78, 5) is 0. The number of benzene rings is 2. The minimum absolute atomic E-state index is 0.270. The summed E-state index contributed by atoms with van der Waals surface area (Å²) < 4.78 is 14.0. The predicted molar refractivity (Wildman–Crippen MR) is 76.0 cm³/mol. The van der Waals surface area contributed by atoms with Gasteiger partial charge in [-0.05, 0) is 36.2 Å². The number of allylic oxidation sites excluding steroid dienone is 1. The fourth-order valence-electron chi connectivity index (χ4n) is 2.06. The summed E-state index contributed by atoms with van der Waals surface area (Å²) in [6, 6.07) is 11.6. The second kappa shape index (κ2) is 5.67. The fourth-order valence-corrected chi connectivity index (χ4v) is 2.06. The molecule has 3 heteroatoms. The molecule has 0 amide bonds. The summed E-state index contributed by atoms with van der Waals surface area (Å²) in [6.45, 7) is 1.85. The summed E-state index contributed by atoms with van der Waals surface area (Å²) >= 11 is 0. The van der Waals surface area contributed by atoms with E-state index in [0.29, 0.717) is 16.8 Å². The zero-order valence-electron chi connectivity index (χ0n) is 10.7. The number of anilines is 1. The molecular formula is C16H16FNO. The molecule has 0 aliphatic carbocycles. The molecule has 0 heterocycles. The molecule has 0 saturated carbocycles. The molecule has 0 spiro atoms. The molecule has 0 saturated heterocycles. The Labute approximate surface area is 112 Å². The number of halogens is 1.